The van der Waals surface area contributed by atoms with E-state index in [1.165, 1.54) is 4.57 Å². The van der Waals surface area contributed by atoms with Gasteiger partial charge in [0.2, 0.25) is 0 Å². The molecule has 5 nitrogen and oxygen atoms in total. The van der Waals surface area contributed by atoms with Gasteiger partial charge in [-0.15, -0.1) is 0 Å². The zero-order valence-electron chi connectivity index (χ0n) is 12.5. The van der Waals surface area contributed by atoms with Gasteiger partial charge < -0.3 is 0 Å². The molecule has 0 aliphatic heterocycles. The monoisotopic (exact) mass is 302 g/mol. The molecule has 0 spiro atoms. The number of rotatable bonds is 2. The molecule has 0 unspecified atom stereocenters. The van der Waals surface area contributed by atoms with Crippen LogP contribution < -0.4 is 5.56 Å². The lowest BCUT2D eigenvalue weighted by Gasteiger charge is -2.07. The zero-order chi connectivity index (χ0) is 15.8. The maximum Gasteiger partial charge on any atom is 0.269 e. The van der Waals surface area contributed by atoms with E-state index in [1.54, 1.807) is 17.2 Å². The van der Waals surface area contributed by atoms with Crippen LogP contribution in [0.25, 0.3) is 22.4 Å². The van der Waals surface area contributed by atoms with Crippen LogP contribution in [-0.2, 0) is 0 Å². The lowest BCUT2D eigenvalue weighted by atomic mass is 10.2. The van der Waals surface area contributed by atoms with E-state index in [0.717, 1.165) is 16.9 Å². The van der Waals surface area contributed by atoms with Crippen LogP contribution in [0.2, 0.25) is 0 Å². The first-order valence-electron chi connectivity index (χ1n) is 7.32. The molecule has 23 heavy (non-hydrogen) atoms. The van der Waals surface area contributed by atoms with Crippen LogP contribution in [0.15, 0.2) is 71.9 Å². The first kappa shape index (κ1) is 13.5. The van der Waals surface area contributed by atoms with Crippen LogP contribution >= 0.6 is 0 Å². The summed E-state index contributed by atoms with van der Waals surface area (Å²) in [6.07, 6.45) is 3.13. The Morgan fingerprint density at radius 1 is 0.957 bits per heavy atom. The number of benzene rings is 2. The number of hydrogen-bond donors (Lipinski definition) is 0. The minimum Gasteiger partial charge on any atom is -0.268 e. The van der Waals surface area contributed by atoms with Gasteiger partial charge in [0, 0.05) is 0 Å². The molecule has 4 rings (SSSR count). The number of aromatic nitrogens is 4. The Bertz CT molecular complexity index is 1050. The predicted octanol–water partition coefficient (Wildman–Crippen LogP) is 2.88. The molecule has 0 saturated heterocycles. The summed E-state index contributed by atoms with van der Waals surface area (Å²) >= 11 is 0. The SMILES string of the molecule is Cc1ccccc1-n1ncc2c(=O)n(-c3ccccc3)cnc21. The average molecular weight is 302 g/mol. The average Bonchev–Trinajstić information content (AvgIpc) is 3.01. The van der Waals surface area contributed by atoms with E-state index in [9.17, 15) is 4.79 Å². The normalized spacial score (nSPS) is 11.0. The summed E-state index contributed by atoms with van der Waals surface area (Å²) in [5.74, 6) is 0. The van der Waals surface area contributed by atoms with E-state index in [0.29, 0.717) is 11.0 Å². The molecule has 0 amide bonds. The second-order valence-corrected chi connectivity index (χ2v) is 5.34. The Morgan fingerprint density at radius 3 is 2.48 bits per heavy atom. The Morgan fingerprint density at radius 2 is 1.70 bits per heavy atom. The molecule has 5 heteroatoms. The first-order valence-corrected chi connectivity index (χ1v) is 7.32. The Hall–Kier alpha value is -3.21. The fraction of sp³-hybridized carbons (Fsp3) is 0.0556. The molecule has 0 aliphatic carbocycles. The van der Waals surface area contributed by atoms with Crippen molar-refractivity contribution in [3.63, 3.8) is 0 Å². The van der Waals surface area contributed by atoms with Crippen molar-refractivity contribution in [2.24, 2.45) is 0 Å². The predicted molar refractivity (Wildman–Crippen MR) is 89.2 cm³/mol. The highest BCUT2D eigenvalue weighted by atomic mass is 16.1. The lowest BCUT2D eigenvalue weighted by molar-refractivity contribution is 0.879. The molecule has 2 heterocycles. The van der Waals surface area contributed by atoms with Gasteiger partial charge in [0.1, 0.15) is 11.7 Å². The molecule has 0 bridgehead atoms. The molecule has 0 aliphatic rings. The van der Waals surface area contributed by atoms with Crippen LogP contribution in [0.3, 0.4) is 0 Å². The molecule has 0 radical (unpaired) electrons. The molecule has 112 valence electrons. The molecular weight excluding hydrogens is 288 g/mol. The molecule has 4 aromatic rings. The third-order valence-corrected chi connectivity index (χ3v) is 3.87. The highest BCUT2D eigenvalue weighted by Crippen LogP contribution is 2.17. The van der Waals surface area contributed by atoms with E-state index >= 15 is 0 Å². The summed E-state index contributed by atoms with van der Waals surface area (Å²) in [5.41, 5.74) is 3.23. The van der Waals surface area contributed by atoms with Crippen LogP contribution in [0.5, 0.6) is 0 Å². The van der Waals surface area contributed by atoms with Gasteiger partial charge in [-0.1, -0.05) is 36.4 Å². The van der Waals surface area contributed by atoms with Crippen LogP contribution in [0, 0.1) is 6.92 Å². The van der Waals surface area contributed by atoms with E-state index < -0.39 is 0 Å². The number of para-hydroxylation sites is 2. The van der Waals surface area contributed by atoms with Gasteiger partial charge in [-0.25, -0.2) is 9.67 Å². The van der Waals surface area contributed by atoms with Gasteiger partial charge in [-0.3, -0.25) is 9.36 Å². The minimum absolute atomic E-state index is 0.124. The first-order chi connectivity index (χ1) is 11.3. The summed E-state index contributed by atoms with van der Waals surface area (Å²) in [7, 11) is 0. The topological polar surface area (TPSA) is 52.7 Å². The zero-order valence-corrected chi connectivity index (χ0v) is 12.5. The molecule has 0 atom stereocenters. The maximum absolute atomic E-state index is 12.7. The van der Waals surface area contributed by atoms with Crippen LogP contribution in [-0.4, -0.2) is 19.3 Å². The lowest BCUT2D eigenvalue weighted by Crippen LogP contribution is -2.18. The van der Waals surface area contributed by atoms with Crippen molar-refractivity contribution in [3.05, 3.63) is 83.0 Å². The summed E-state index contributed by atoms with van der Waals surface area (Å²) in [4.78, 5) is 17.2. The summed E-state index contributed by atoms with van der Waals surface area (Å²) in [6, 6.07) is 17.3. The summed E-state index contributed by atoms with van der Waals surface area (Å²) in [6.45, 7) is 2.01. The summed E-state index contributed by atoms with van der Waals surface area (Å²) < 4.78 is 3.24. The van der Waals surface area contributed by atoms with Gasteiger partial charge in [0.05, 0.1) is 17.6 Å². The van der Waals surface area contributed by atoms with Gasteiger partial charge in [0.15, 0.2) is 5.65 Å². The maximum atomic E-state index is 12.7. The Kier molecular flexibility index (Phi) is 3.05. The van der Waals surface area contributed by atoms with Crippen molar-refractivity contribution in [3.8, 4) is 11.4 Å². The number of hydrogen-bond acceptors (Lipinski definition) is 3. The van der Waals surface area contributed by atoms with Gasteiger partial charge >= 0.3 is 0 Å². The fourth-order valence-electron chi connectivity index (χ4n) is 2.66. The van der Waals surface area contributed by atoms with Gasteiger partial charge in [-0.2, -0.15) is 5.10 Å². The number of aryl methyl sites for hydroxylation is 1. The highest BCUT2D eigenvalue weighted by Gasteiger charge is 2.13. The fourth-order valence-corrected chi connectivity index (χ4v) is 2.66. The van der Waals surface area contributed by atoms with Crippen molar-refractivity contribution >= 4 is 11.0 Å². The molecule has 0 N–H and O–H groups in total. The van der Waals surface area contributed by atoms with Crippen LogP contribution in [0.4, 0.5) is 0 Å². The highest BCUT2D eigenvalue weighted by molar-refractivity contribution is 5.75. The van der Waals surface area contributed by atoms with Crippen LogP contribution in [0.1, 0.15) is 5.56 Å². The van der Waals surface area contributed by atoms with Crippen molar-refractivity contribution in [2.75, 3.05) is 0 Å². The summed E-state index contributed by atoms with van der Waals surface area (Å²) in [5, 5.41) is 4.86. The second kappa shape index (κ2) is 5.21. The van der Waals surface area contributed by atoms with Crippen molar-refractivity contribution in [2.45, 2.75) is 6.92 Å². The van der Waals surface area contributed by atoms with Gasteiger partial charge in [-0.05, 0) is 30.7 Å². The van der Waals surface area contributed by atoms with Gasteiger partial charge in [0.25, 0.3) is 5.56 Å². The van der Waals surface area contributed by atoms with E-state index in [-0.39, 0.29) is 5.56 Å². The number of nitrogens with zero attached hydrogens (tertiary/aromatic N) is 4. The van der Waals surface area contributed by atoms with Crippen molar-refractivity contribution in [1.82, 2.24) is 19.3 Å². The molecule has 2 aromatic carbocycles. The van der Waals surface area contributed by atoms with Crippen molar-refractivity contribution < 1.29 is 0 Å². The molecular formula is C18H14N4O. The third kappa shape index (κ3) is 2.14. The standard InChI is InChI=1S/C18H14N4O/c1-13-7-5-6-10-16(13)22-17-15(11-20-22)18(23)21(12-19-17)14-8-3-2-4-9-14/h2-12H,1H3. The molecule has 0 saturated carbocycles. The molecule has 2 aromatic heterocycles. The van der Waals surface area contributed by atoms with Crippen molar-refractivity contribution in [1.29, 1.82) is 0 Å². The van der Waals surface area contributed by atoms with E-state index in [1.807, 2.05) is 61.5 Å². The molecule has 0 fully saturated rings. The number of fused-ring (bicyclic) bond motifs is 1. The Balaban J connectivity index is 1.95. The largest absolute Gasteiger partial charge is 0.269 e. The second-order valence-electron chi connectivity index (χ2n) is 5.34. The van der Waals surface area contributed by atoms with E-state index in [2.05, 4.69) is 10.1 Å². The quantitative estimate of drug-likeness (QED) is 0.572. The smallest absolute Gasteiger partial charge is 0.268 e. The third-order valence-electron chi connectivity index (χ3n) is 3.87. The minimum atomic E-state index is -0.124. The Labute approximate surface area is 132 Å². The van der Waals surface area contributed by atoms with E-state index in [4.69, 9.17) is 0 Å².